The van der Waals surface area contributed by atoms with Crippen LogP contribution in [-0.2, 0) is 16.1 Å². The molecule has 0 bridgehead atoms. The number of hydrogen-bond acceptors (Lipinski definition) is 8. The number of rotatable bonds is 5. The number of aliphatic hydroxyl groups is 1. The standard InChI is InChI=1S/C20H28N6O3S.ClH/c1-11-16(30-10-25-11)12-6-22-15(23-7-12)8-24-18(28)14-5-13(27)9-26(14)19(29)17(21)20(2,3)4;/h6-7,10,13-14,17,27H,5,8-9,21H2,1-4H3,(H,24,28);1H/t13-,14+,17-;/m1./s1. The first-order valence-electron chi connectivity index (χ1n) is 9.81. The fraction of sp³-hybridized carbons (Fsp3) is 0.550. The number of halogens is 1. The number of hydrogen-bond donors (Lipinski definition) is 3. The number of aliphatic hydroxyl groups excluding tert-OH is 1. The van der Waals surface area contributed by atoms with Gasteiger partial charge >= 0.3 is 0 Å². The molecule has 1 aliphatic heterocycles. The molecule has 1 aliphatic rings. The van der Waals surface area contributed by atoms with E-state index in [1.54, 1.807) is 17.9 Å². The molecule has 0 aliphatic carbocycles. The Bertz CT molecular complexity index is 914. The third-order valence-electron chi connectivity index (χ3n) is 5.20. The van der Waals surface area contributed by atoms with Crippen LogP contribution in [0, 0.1) is 12.3 Å². The number of β-amino-alcohol motifs (C(OH)–C–C–N with tert-alkyl or cyclic N) is 1. The maximum atomic E-state index is 12.8. The molecular formula is C20H29ClN6O3S. The van der Waals surface area contributed by atoms with Gasteiger partial charge in [-0.2, -0.15) is 0 Å². The first-order valence-corrected chi connectivity index (χ1v) is 10.7. The molecule has 11 heteroatoms. The second kappa shape index (κ2) is 9.99. The second-order valence-corrected chi connectivity index (χ2v) is 9.47. The lowest BCUT2D eigenvalue weighted by Gasteiger charge is -2.32. The normalized spacial score (nSPS) is 19.6. The van der Waals surface area contributed by atoms with Crippen LogP contribution in [0.15, 0.2) is 17.9 Å². The first kappa shape index (κ1) is 25.1. The number of aryl methyl sites for hydroxylation is 1. The fourth-order valence-corrected chi connectivity index (χ4v) is 4.06. The topological polar surface area (TPSA) is 134 Å². The Morgan fingerprint density at radius 2 is 1.97 bits per heavy atom. The third kappa shape index (κ3) is 5.76. The minimum atomic E-state index is -0.764. The molecule has 31 heavy (non-hydrogen) atoms. The summed E-state index contributed by atoms with van der Waals surface area (Å²) >= 11 is 1.52. The van der Waals surface area contributed by atoms with Crippen LogP contribution >= 0.6 is 23.7 Å². The van der Waals surface area contributed by atoms with Crippen molar-refractivity contribution in [3.05, 3.63) is 29.4 Å². The summed E-state index contributed by atoms with van der Waals surface area (Å²) in [6.07, 6.45) is 2.83. The molecular weight excluding hydrogens is 440 g/mol. The maximum absolute atomic E-state index is 12.8. The predicted octanol–water partition coefficient (Wildman–Crippen LogP) is 1.28. The van der Waals surface area contributed by atoms with Gasteiger partial charge in [-0.05, 0) is 12.3 Å². The summed E-state index contributed by atoms with van der Waals surface area (Å²) in [6.45, 7) is 7.75. The van der Waals surface area contributed by atoms with E-state index in [1.165, 1.54) is 16.2 Å². The zero-order valence-corrected chi connectivity index (χ0v) is 19.7. The summed E-state index contributed by atoms with van der Waals surface area (Å²) in [5, 5.41) is 12.8. The molecule has 0 aromatic carbocycles. The highest BCUT2D eigenvalue weighted by Gasteiger charge is 2.42. The van der Waals surface area contributed by atoms with Gasteiger partial charge < -0.3 is 21.1 Å². The van der Waals surface area contributed by atoms with E-state index in [1.807, 2.05) is 27.7 Å². The van der Waals surface area contributed by atoms with Gasteiger partial charge in [0.25, 0.3) is 0 Å². The molecule has 0 spiro atoms. The predicted molar refractivity (Wildman–Crippen MR) is 121 cm³/mol. The van der Waals surface area contributed by atoms with Gasteiger partial charge in [0, 0.05) is 30.9 Å². The van der Waals surface area contributed by atoms with Crippen LogP contribution < -0.4 is 11.1 Å². The van der Waals surface area contributed by atoms with Crippen molar-refractivity contribution in [2.45, 2.75) is 58.8 Å². The quantitative estimate of drug-likeness (QED) is 0.601. The maximum Gasteiger partial charge on any atom is 0.243 e. The fourth-order valence-electron chi connectivity index (χ4n) is 3.28. The van der Waals surface area contributed by atoms with Crippen LogP contribution in [0.2, 0.25) is 0 Å². The molecule has 3 heterocycles. The Morgan fingerprint density at radius 3 is 2.52 bits per heavy atom. The summed E-state index contributed by atoms with van der Waals surface area (Å²) < 4.78 is 0. The lowest BCUT2D eigenvalue weighted by atomic mass is 9.86. The van der Waals surface area contributed by atoms with E-state index in [9.17, 15) is 14.7 Å². The number of thiazole rings is 1. The Labute approximate surface area is 191 Å². The summed E-state index contributed by atoms with van der Waals surface area (Å²) in [4.78, 5) is 40.7. The van der Waals surface area contributed by atoms with Gasteiger partial charge in [-0.15, -0.1) is 23.7 Å². The average Bonchev–Trinajstić information content (AvgIpc) is 3.30. The summed E-state index contributed by atoms with van der Waals surface area (Å²) in [5.41, 5.74) is 9.20. The van der Waals surface area contributed by atoms with Crippen LogP contribution in [0.4, 0.5) is 0 Å². The second-order valence-electron chi connectivity index (χ2n) is 8.61. The molecule has 2 aromatic heterocycles. The van der Waals surface area contributed by atoms with Crippen molar-refractivity contribution in [1.29, 1.82) is 0 Å². The Hall–Kier alpha value is -2.14. The Kier molecular flexibility index (Phi) is 8.09. The van der Waals surface area contributed by atoms with E-state index >= 15 is 0 Å². The van der Waals surface area contributed by atoms with Crippen molar-refractivity contribution < 1.29 is 14.7 Å². The molecule has 170 valence electrons. The number of carbonyl (C=O) groups is 2. The lowest BCUT2D eigenvalue weighted by Crippen LogP contribution is -2.54. The molecule has 1 fully saturated rings. The number of amides is 2. The summed E-state index contributed by atoms with van der Waals surface area (Å²) in [6, 6.07) is -1.52. The van der Waals surface area contributed by atoms with Crippen LogP contribution in [0.1, 0.15) is 38.7 Å². The van der Waals surface area contributed by atoms with Crippen LogP contribution in [0.25, 0.3) is 10.4 Å². The highest BCUT2D eigenvalue weighted by molar-refractivity contribution is 7.13. The number of nitrogens with two attached hydrogens (primary N) is 1. The Morgan fingerprint density at radius 1 is 1.32 bits per heavy atom. The van der Waals surface area contributed by atoms with Crippen molar-refractivity contribution in [2.24, 2.45) is 11.1 Å². The monoisotopic (exact) mass is 468 g/mol. The number of nitrogens with one attached hydrogen (secondary N) is 1. The van der Waals surface area contributed by atoms with Gasteiger partial charge in [-0.3, -0.25) is 9.59 Å². The molecule has 3 atom stereocenters. The summed E-state index contributed by atoms with van der Waals surface area (Å²) in [5.74, 6) is -0.233. The molecule has 3 rings (SSSR count). The van der Waals surface area contributed by atoms with Gasteiger partial charge in [0.1, 0.15) is 11.9 Å². The minimum Gasteiger partial charge on any atom is -0.391 e. The first-order chi connectivity index (χ1) is 14.1. The van der Waals surface area contributed by atoms with E-state index in [0.29, 0.717) is 5.82 Å². The number of aromatic nitrogens is 3. The van der Waals surface area contributed by atoms with Crippen LogP contribution in [0.3, 0.4) is 0 Å². The Balaban J connectivity index is 0.00000341. The zero-order valence-electron chi connectivity index (χ0n) is 18.0. The van der Waals surface area contributed by atoms with Crippen molar-refractivity contribution in [2.75, 3.05) is 6.54 Å². The van der Waals surface area contributed by atoms with E-state index in [2.05, 4.69) is 20.3 Å². The molecule has 2 amide bonds. The average molecular weight is 469 g/mol. The third-order valence-corrected chi connectivity index (χ3v) is 6.18. The van der Waals surface area contributed by atoms with Gasteiger partial charge in [0.05, 0.1) is 34.8 Å². The largest absolute Gasteiger partial charge is 0.391 e. The molecule has 9 nitrogen and oxygen atoms in total. The molecule has 0 radical (unpaired) electrons. The highest BCUT2D eigenvalue weighted by Crippen LogP contribution is 2.26. The van der Waals surface area contributed by atoms with Crippen LogP contribution in [0.5, 0.6) is 0 Å². The lowest BCUT2D eigenvalue weighted by molar-refractivity contribution is -0.141. The van der Waals surface area contributed by atoms with Crippen molar-refractivity contribution in [3.8, 4) is 10.4 Å². The highest BCUT2D eigenvalue weighted by atomic mass is 35.5. The van der Waals surface area contributed by atoms with E-state index in [4.69, 9.17) is 5.73 Å². The molecule has 4 N–H and O–H groups in total. The molecule has 2 aromatic rings. The number of carbonyl (C=O) groups excluding carboxylic acids is 2. The number of nitrogens with zero attached hydrogens (tertiary/aromatic N) is 4. The van der Waals surface area contributed by atoms with Crippen molar-refractivity contribution in [1.82, 2.24) is 25.2 Å². The van der Waals surface area contributed by atoms with Crippen LogP contribution in [-0.4, -0.2) is 61.5 Å². The number of likely N-dealkylation sites (tertiary alicyclic amines) is 1. The SMILES string of the molecule is Cc1ncsc1-c1cnc(CNC(=O)[C@@H]2C[C@@H](O)CN2C(=O)[C@@H](N)C(C)(C)C)nc1.Cl. The summed E-state index contributed by atoms with van der Waals surface area (Å²) in [7, 11) is 0. The van der Waals surface area contributed by atoms with Gasteiger partial charge in [-0.25, -0.2) is 15.0 Å². The van der Waals surface area contributed by atoms with Crippen molar-refractivity contribution >= 4 is 35.6 Å². The molecule has 1 saturated heterocycles. The van der Waals surface area contributed by atoms with E-state index in [0.717, 1.165) is 16.1 Å². The van der Waals surface area contributed by atoms with Gasteiger partial charge in [-0.1, -0.05) is 20.8 Å². The molecule has 0 saturated carbocycles. The smallest absolute Gasteiger partial charge is 0.243 e. The van der Waals surface area contributed by atoms with E-state index in [-0.39, 0.29) is 43.7 Å². The van der Waals surface area contributed by atoms with E-state index < -0.39 is 23.6 Å². The van der Waals surface area contributed by atoms with Gasteiger partial charge in [0.2, 0.25) is 11.8 Å². The minimum absolute atomic E-state index is 0. The van der Waals surface area contributed by atoms with Crippen molar-refractivity contribution in [3.63, 3.8) is 0 Å². The molecule has 0 unspecified atom stereocenters. The zero-order chi connectivity index (χ0) is 22.1. The van der Waals surface area contributed by atoms with Gasteiger partial charge in [0.15, 0.2) is 0 Å².